The molecule has 3 atom stereocenters. The number of amides is 1. The van der Waals surface area contributed by atoms with E-state index in [0.29, 0.717) is 17.4 Å². The number of carbonyl (C=O) groups is 1. The maximum atomic E-state index is 13.0. The number of nitrogens with zero attached hydrogens (tertiary/aromatic N) is 1. The van der Waals surface area contributed by atoms with E-state index in [1.54, 1.807) is 6.08 Å². The van der Waals surface area contributed by atoms with Crippen LogP contribution < -0.4 is 10.2 Å². The van der Waals surface area contributed by atoms with Gasteiger partial charge in [0, 0.05) is 6.42 Å². The number of phosphoric acid groups is 1. The smallest absolute Gasteiger partial charge is 0.268 e. The maximum absolute atomic E-state index is 13.0. The average Bonchev–Trinajstić information content (AvgIpc) is 3.53. The van der Waals surface area contributed by atoms with E-state index in [1.165, 1.54) is 327 Å². The van der Waals surface area contributed by atoms with E-state index in [9.17, 15) is 19.4 Å². The van der Waals surface area contributed by atoms with Crippen molar-refractivity contribution in [2.75, 3.05) is 40.9 Å². The zero-order valence-electron chi connectivity index (χ0n) is 57.8. The van der Waals surface area contributed by atoms with E-state index < -0.39 is 26.6 Å². The number of hydrogen-bond acceptors (Lipinski definition) is 6. The molecule has 8 nitrogen and oxygen atoms in total. The summed E-state index contributed by atoms with van der Waals surface area (Å²) in [6.07, 6.45) is 90.2. The monoisotopic (exact) mass is 1220 g/mol. The highest BCUT2D eigenvalue weighted by Crippen LogP contribution is 2.38. The summed E-state index contributed by atoms with van der Waals surface area (Å²) in [6, 6.07) is -0.910. The molecule has 1 amide bonds. The van der Waals surface area contributed by atoms with Crippen LogP contribution in [-0.2, 0) is 18.4 Å². The Morgan fingerprint density at radius 2 is 0.659 bits per heavy atom. The molecule has 0 aliphatic rings. The standard InChI is InChI=1S/C76H149N2O6P/c1-6-8-10-12-14-16-18-20-22-24-26-28-30-32-34-36-37-38-39-40-42-44-46-48-50-52-54-56-58-60-62-64-66-68-70-76(80)77-74(73-84-85(81,82)83-72-71-78(3,4)5)75(79)69-67-65-63-61-59-57-55-53-51-49-47-45-43-41-35-33-31-29-27-25-23-21-19-17-15-13-11-9-7-2/h51,53,59,61,67,69,74-75,79H,6-50,52,54-58,60,62-66,68,70-73H2,1-5H3,(H-,77,80,81,82)/b53-51+,61-59+,69-67+. The highest BCUT2D eigenvalue weighted by molar-refractivity contribution is 7.45. The van der Waals surface area contributed by atoms with E-state index in [4.69, 9.17) is 9.05 Å². The Morgan fingerprint density at radius 3 is 0.953 bits per heavy atom. The molecular formula is C76H149N2O6P. The fourth-order valence-corrected chi connectivity index (χ4v) is 12.4. The highest BCUT2D eigenvalue weighted by Gasteiger charge is 2.23. The molecule has 0 rings (SSSR count). The van der Waals surface area contributed by atoms with Gasteiger partial charge in [-0.05, 0) is 44.9 Å². The van der Waals surface area contributed by atoms with Crippen LogP contribution >= 0.6 is 7.82 Å². The van der Waals surface area contributed by atoms with Crippen LogP contribution in [0.5, 0.6) is 0 Å². The Hall–Kier alpha value is -1.28. The number of unbranched alkanes of at least 4 members (excludes halogenated alkanes) is 54. The van der Waals surface area contributed by atoms with Gasteiger partial charge in [0.15, 0.2) is 0 Å². The first-order valence-corrected chi connectivity index (χ1v) is 39.3. The second-order valence-corrected chi connectivity index (χ2v) is 28.8. The molecule has 0 heterocycles. The lowest BCUT2D eigenvalue weighted by atomic mass is 10.0. The van der Waals surface area contributed by atoms with Crippen molar-refractivity contribution in [3.63, 3.8) is 0 Å². The molecule has 0 bridgehead atoms. The number of quaternary nitrogens is 1. The second kappa shape index (κ2) is 67.1. The van der Waals surface area contributed by atoms with Crippen LogP contribution in [0.1, 0.15) is 393 Å². The largest absolute Gasteiger partial charge is 0.756 e. The van der Waals surface area contributed by atoms with Crippen molar-refractivity contribution in [2.45, 2.75) is 405 Å². The SMILES string of the molecule is CCCCCCCCCCCCCCCCCCCCC/C=C/CC/C=C/CC/C=C/C(O)C(COP(=O)([O-])OCC[N+](C)(C)C)NC(=O)CCCCCCCCCCCCCCCCCCCCCCCCCCCCCCCCCCCC. The molecule has 85 heavy (non-hydrogen) atoms. The molecule has 0 spiro atoms. The van der Waals surface area contributed by atoms with E-state index in [1.807, 2.05) is 27.2 Å². The van der Waals surface area contributed by atoms with Crippen molar-refractivity contribution < 1.29 is 32.9 Å². The lowest BCUT2D eigenvalue weighted by Gasteiger charge is -2.29. The van der Waals surface area contributed by atoms with Crippen molar-refractivity contribution in [3.8, 4) is 0 Å². The topological polar surface area (TPSA) is 108 Å². The molecule has 0 aromatic carbocycles. The van der Waals surface area contributed by atoms with Crippen LogP contribution in [0.4, 0.5) is 0 Å². The molecule has 9 heteroatoms. The average molecular weight is 1220 g/mol. The van der Waals surface area contributed by atoms with Gasteiger partial charge in [-0.1, -0.05) is 378 Å². The van der Waals surface area contributed by atoms with Crippen LogP contribution in [0.25, 0.3) is 0 Å². The van der Waals surface area contributed by atoms with Gasteiger partial charge in [-0.2, -0.15) is 0 Å². The summed E-state index contributed by atoms with van der Waals surface area (Å²) in [6.45, 7) is 4.69. The number of hydrogen-bond donors (Lipinski definition) is 2. The van der Waals surface area contributed by atoms with Crippen LogP contribution in [0.15, 0.2) is 36.5 Å². The fourth-order valence-electron chi connectivity index (χ4n) is 11.7. The van der Waals surface area contributed by atoms with Crippen LogP contribution in [0, 0.1) is 0 Å². The zero-order chi connectivity index (χ0) is 61.9. The third-order valence-electron chi connectivity index (χ3n) is 17.6. The van der Waals surface area contributed by atoms with Crippen LogP contribution in [-0.4, -0.2) is 68.5 Å². The number of allylic oxidation sites excluding steroid dienone is 5. The number of carbonyl (C=O) groups excluding carboxylic acids is 1. The fraction of sp³-hybridized carbons (Fsp3) is 0.908. The molecule has 0 fully saturated rings. The minimum absolute atomic E-state index is 0.00699. The van der Waals surface area contributed by atoms with Gasteiger partial charge in [-0.3, -0.25) is 9.36 Å². The van der Waals surface area contributed by atoms with E-state index in [2.05, 4.69) is 43.5 Å². The Bertz CT molecular complexity index is 1480. The number of aliphatic hydroxyl groups is 1. The van der Waals surface area contributed by atoms with Crippen molar-refractivity contribution in [3.05, 3.63) is 36.5 Å². The molecule has 3 unspecified atom stereocenters. The summed E-state index contributed by atoms with van der Waals surface area (Å²) in [4.78, 5) is 25.7. The van der Waals surface area contributed by atoms with Crippen molar-refractivity contribution in [2.24, 2.45) is 0 Å². The van der Waals surface area contributed by atoms with Gasteiger partial charge in [0.25, 0.3) is 7.82 Å². The van der Waals surface area contributed by atoms with Crippen molar-refractivity contribution >= 4 is 13.7 Å². The molecule has 0 radical (unpaired) electrons. The quantitative estimate of drug-likeness (QED) is 0.0272. The maximum Gasteiger partial charge on any atom is 0.268 e. The summed E-state index contributed by atoms with van der Waals surface area (Å²) in [5.41, 5.74) is 0. The molecule has 0 aromatic rings. The third-order valence-corrected chi connectivity index (χ3v) is 18.5. The first-order chi connectivity index (χ1) is 41.5. The third kappa shape index (κ3) is 70.0. The number of rotatable bonds is 71. The lowest BCUT2D eigenvalue weighted by Crippen LogP contribution is -2.45. The van der Waals surface area contributed by atoms with Gasteiger partial charge in [-0.25, -0.2) is 0 Å². The first kappa shape index (κ1) is 83.7. The molecule has 0 saturated heterocycles. The van der Waals surface area contributed by atoms with Gasteiger partial charge < -0.3 is 28.8 Å². The van der Waals surface area contributed by atoms with Gasteiger partial charge in [-0.15, -0.1) is 0 Å². The van der Waals surface area contributed by atoms with Gasteiger partial charge >= 0.3 is 0 Å². The molecule has 0 aliphatic heterocycles. The van der Waals surface area contributed by atoms with Gasteiger partial charge in [0.1, 0.15) is 13.2 Å². The Labute approximate surface area is 531 Å². The lowest BCUT2D eigenvalue weighted by molar-refractivity contribution is -0.870. The van der Waals surface area contributed by atoms with Crippen molar-refractivity contribution in [1.82, 2.24) is 5.32 Å². The number of aliphatic hydroxyl groups excluding tert-OH is 1. The Morgan fingerprint density at radius 1 is 0.400 bits per heavy atom. The molecular weight excluding hydrogens is 1070 g/mol. The normalized spacial score (nSPS) is 13.7. The van der Waals surface area contributed by atoms with E-state index >= 15 is 0 Å². The Kier molecular flexibility index (Phi) is 66.1. The summed E-state index contributed by atoms with van der Waals surface area (Å²) in [5, 5.41) is 14.0. The minimum atomic E-state index is -4.62. The molecule has 2 N–H and O–H groups in total. The Balaban J connectivity index is 4.03. The van der Waals surface area contributed by atoms with E-state index in [-0.39, 0.29) is 12.5 Å². The number of likely N-dealkylation sites (N-methyl/N-ethyl adjacent to an activating group) is 1. The highest BCUT2D eigenvalue weighted by atomic mass is 31.2. The predicted octanol–water partition coefficient (Wildman–Crippen LogP) is 23.8. The van der Waals surface area contributed by atoms with E-state index in [0.717, 1.165) is 44.9 Å². The zero-order valence-corrected chi connectivity index (χ0v) is 58.7. The second-order valence-electron chi connectivity index (χ2n) is 27.4. The molecule has 0 aromatic heterocycles. The number of nitrogens with one attached hydrogen (secondary N) is 1. The van der Waals surface area contributed by atoms with Crippen LogP contribution in [0.3, 0.4) is 0 Å². The minimum Gasteiger partial charge on any atom is -0.756 e. The van der Waals surface area contributed by atoms with Gasteiger partial charge in [0.05, 0.1) is 39.9 Å². The summed E-state index contributed by atoms with van der Waals surface area (Å²) in [7, 11) is 1.25. The van der Waals surface area contributed by atoms with Gasteiger partial charge in [0.2, 0.25) is 5.91 Å². The molecule has 0 saturated carbocycles. The number of phosphoric ester groups is 1. The summed E-state index contributed by atoms with van der Waals surface area (Å²) < 4.78 is 23.5. The first-order valence-electron chi connectivity index (χ1n) is 37.9. The van der Waals surface area contributed by atoms with Crippen molar-refractivity contribution in [1.29, 1.82) is 0 Å². The summed E-state index contributed by atoms with van der Waals surface area (Å²) in [5.74, 6) is -0.203. The molecule has 504 valence electrons. The predicted molar refractivity (Wildman–Crippen MR) is 372 cm³/mol. The van der Waals surface area contributed by atoms with Crippen LogP contribution in [0.2, 0.25) is 0 Å². The summed E-state index contributed by atoms with van der Waals surface area (Å²) >= 11 is 0. The molecule has 0 aliphatic carbocycles.